The zero-order valence-corrected chi connectivity index (χ0v) is 16.6. The Bertz CT molecular complexity index is 997. The molecule has 0 unspecified atom stereocenters. The van der Waals surface area contributed by atoms with Crippen LogP contribution < -0.4 is 5.32 Å². The summed E-state index contributed by atoms with van der Waals surface area (Å²) in [4.78, 5) is 22.3. The molecule has 0 saturated carbocycles. The molecule has 1 atom stereocenters. The smallest absolute Gasteiger partial charge is 0.376 e. The van der Waals surface area contributed by atoms with Crippen molar-refractivity contribution >= 4 is 23.3 Å². The number of ether oxygens (including phenoxy) is 1. The van der Waals surface area contributed by atoms with E-state index in [0.717, 1.165) is 12.1 Å². The summed E-state index contributed by atoms with van der Waals surface area (Å²) in [7, 11) is 0. The number of fused-ring (bicyclic) bond motifs is 1. The lowest BCUT2D eigenvalue weighted by Crippen LogP contribution is -2.60. The summed E-state index contributed by atoms with van der Waals surface area (Å²) in [6, 6.07) is 4.49. The van der Waals surface area contributed by atoms with E-state index in [-0.39, 0.29) is 31.6 Å². The molecule has 2 aromatic rings. The zero-order valence-electron chi connectivity index (χ0n) is 15.8. The second-order valence-electron chi connectivity index (χ2n) is 7.44. The van der Waals surface area contributed by atoms with Crippen LogP contribution in [0.4, 0.5) is 19.0 Å². The molecule has 1 saturated heterocycles. The van der Waals surface area contributed by atoms with E-state index in [0.29, 0.717) is 22.6 Å². The van der Waals surface area contributed by atoms with Gasteiger partial charge in [0.15, 0.2) is 5.60 Å². The Morgan fingerprint density at radius 1 is 1.33 bits per heavy atom. The molecule has 7 nitrogen and oxygen atoms in total. The molecule has 11 heteroatoms. The average molecular weight is 443 g/mol. The molecule has 160 valence electrons. The maximum atomic E-state index is 13.0. The van der Waals surface area contributed by atoms with Crippen molar-refractivity contribution in [3.05, 3.63) is 51.9 Å². The number of hydrogen-bond donors (Lipinski definition) is 2. The minimum Gasteiger partial charge on any atom is -0.376 e. The maximum absolute atomic E-state index is 13.0. The first kappa shape index (κ1) is 20.8. The molecule has 0 radical (unpaired) electrons. The van der Waals surface area contributed by atoms with Crippen molar-refractivity contribution in [1.82, 2.24) is 14.9 Å². The predicted molar refractivity (Wildman–Crippen MR) is 101 cm³/mol. The molecule has 1 aromatic heterocycles. The fraction of sp³-hybridized carbons (Fsp3) is 0.421. The number of alkyl halides is 3. The summed E-state index contributed by atoms with van der Waals surface area (Å²) >= 11 is 6.01. The lowest BCUT2D eigenvalue weighted by atomic mass is 10.0. The van der Waals surface area contributed by atoms with E-state index < -0.39 is 29.3 Å². The second-order valence-corrected chi connectivity index (χ2v) is 7.78. The molecule has 2 aliphatic heterocycles. The van der Waals surface area contributed by atoms with Crippen LogP contribution in [0, 0.1) is 0 Å². The number of carbonyl (C=O) groups is 1. The van der Waals surface area contributed by atoms with Crippen molar-refractivity contribution in [2.45, 2.75) is 37.8 Å². The highest BCUT2D eigenvalue weighted by Crippen LogP contribution is 2.34. The molecule has 0 spiro atoms. The van der Waals surface area contributed by atoms with E-state index >= 15 is 0 Å². The largest absolute Gasteiger partial charge is 0.416 e. The van der Waals surface area contributed by atoms with E-state index in [1.165, 1.54) is 11.0 Å². The first-order valence-corrected chi connectivity index (χ1v) is 9.53. The number of aliphatic hydroxyl groups is 1. The molecule has 1 fully saturated rings. The monoisotopic (exact) mass is 442 g/mol. The topological polar surface area (TPSA) is 87.6 Å². The third-order valence-corrected chi connectivity index (χ3v) is 5.36. The zero-order chi connectivity index (χ0) is 21.7. The predicted octanol–water partition coefficient (Wildman–Crippen LogP) is 2.93. The number of anilines is 1. The molecule has 30 heavy (non-hydrogen) atoms. The minimum atomic E-state index is -4.44. The van der Waals surface area contributed by atoms with Crippen LogP contribution in [0.2, 0.25) is 5.28 Å². The molecule has 1 aromatic carbocycles. The highest BCUT2D eigenvalue weighted by Gasteiger charge is 2.47. The fourth-order valence-electron chi connectivity index (χ4n) is 3.47. The number of halogens is 4. The van der Waals surface area contributed by atoms with Crippen LogP contribution in [0.3, 0.4) is 0 Å². The van der Waals surface area contributed by atoms with E-state index in [1.54, 1.807) is 13.0 Å². The molecular formula is C19H18ClF3N4O3. The van der Waals surface area contributed by atoms with Gasteiger partial charge in [-0.05, 0) is 36.2 Å². The van der Waals surface area contributed by atoms with Gasteiger partial charge in [0.1, 0.15) is 5.82 Å². The number of nitrogens with zero attached hydrogens (tertiary/aromatic N) is 3. The van der Waals surface area contributed by atoms with Gasteiger partial charge in [0, 0.05) is 11.6 Å². The van der Waals surface area contributed by atoms with Gasteiger partial charge in [-0.2, -0.15) is 13.2 Å². The first-order chi connectivity index (χ1) is 14.1. The van der Waals surface area contributed by atoms with E-state index in [1.807, 2.05) is 0 Å². The van der Waals surface area contributed by atoms with Gasteiger partial charge in [0.2, 0.25) is 5.28 Å². The highest BCUT2D eigenvalue weighted by molar-refractivity contribution is 6.28. The second kappa shape index (κ2) is 7.36. The van der Waals surface area contributed by atoms with Gasteiger partial charge in [-0.1, -0.05) is 12.1 Å². The van der Waals surface area contributed by atoms with Crippen molar-refractivity contribution in [1.29, 1.82) is 0 Å². The quantitative estimate of drug-likeness (QED) is 0.708. The van der Waals surface area contributed by atoms with Gasteiger partial charge in [-0.3, -0.25) is 4.79 Å². The van der Waals surface area contributed by atoms with Crippen LogP contribution in [0.25, 0.3) is 0 Å². The normalized spacial score (nSPS) is 18.5. The summed E-state index contributed by atoms with van der Waals surface area (Å²) in [5.74, 6) is -0.137. The van der Waals surface area contributed by atoms with Crippen molar-refractivity contribution in [2.75, 3.05) is 18.5 Å². The summed E-state index contributed by atoms with van der Waals surface area (Å²) in [6.45, 7) is 1.85. The van der Waals surface area contributed by atoms with Gasteiger partial charge >= 0.3 is 6.18 Å². The Labute approximate surface area is 174 Å². The van der Waals surface area contributed by atoms with Gasteiger partial charge in [-0.25, -0.2) is 9.97 Å². The molecule has 0 bridgehead atoms. The van der Waals surface area contributed by atoms with Crippen molar-refractivity contribution < 1.29 is 27.8 Å². The molecule has 0 aliphatic carbocycles. The van der Waals surface area contributed by atoms with Crippen LogP contribution in [0.1, 0.15) is 35.3 Å². The molecule has 1 amide bonds. The third-order valence-electron chi connectivity index (χ3n) is 5.19. The standard InChI is InChI=1S/C19H18ClF3N4O3/c1-10(11-3-2-4-12(5-11)19(21,22)23)24-15-13-6-27(7-14(13)25-17(20)26-15)16(28)18(29)8-30-9-18/h2-5,10,29H,6-9H2,1H3,(H,24,25,26)/t10-/m1/s1. The summed E-state index contributed by atoms with van der Waals surface area (Å²) in [6.07, 6.45) is -4.44. The van der Waals surface area contributed by atoms with Crippen LogP contribution in [-0.2, 0) is 28.8 Å². The van der Waals surface area contributed by atoms with E-state index in [9.17, 15) is 23.1 Å². The SMILES string of the molecule is C[C@@H](Nc1nc(Cl)nc2c1CN(C(=O)C1(O)COC1)C2)c1cccc(C(F)(F)F)c1. The fourth-order valence-corrected chi connectivity index (χ4v) is 3.66. The number of benzene rings is 1. The molecule has 2 aliphatic rings. The van der Waals surface area contributed by atoms with Gasteiger partial charge in [0.25, 0.3) is 5.91 Å². The van der Waals surface area contributed by atoms with Crippen molar-refractivity contribution in [3.63, 3.8) is 0 Å². The number of carbonyl (C=O) groups excluding carboxylic acids is 1. The Hall–Kier alpha value is -2.43. The summed E-state index contributed by atoms with van der Waals surface area (Å²) < 4.78 is 44.0. The maximum Gasteiger partial charge on any atom is 0.416 e. The van der Waals surface area contributed by atoms with Gasteiger partial charge in [-0.15, -0.1) is 0 Å². The number of aromatic nitrogens is 2. The van der Waals surface area contributed by atoms with Crippen LogP contribution in [0.5, 0.6) is 0 Å². The van der Waals surface area contributed by atoms with E-state index in [4.69, 9.17) is 16.3 Å². The summed E-state index contributed by atoms with van der Waals surface area (Å²) in [5, 5.41) is 13.3. The molecule has 4 rings (SSSR count). The number of hydrogen-bond acceptors (Lipinski definition) is 6. The Balaban J connectivity index is 1.56. The van der Waals surface area contributed by atoms with Gasteiger partial charge in [0.05, 0.1) is 37.6 Å². The molecular weight excluding hydrogens is 425 g/mol. The average Bonchev–Trinajstić information content (AvgIpc) is 3.09. The van der Waals surface area contributed by atoms with E-state index in [2.05, 4.69) is 15.3 Å². The third kappa shape index (κ3) is 3.82. The molecule has 3 heterocycles. The summed E-state index contributed by atoms with van der Waals surface area (Å²) in [5.41, 5.74) is -0.744. The first-order valence-electron chi connectivity index (χ1n) is 9.15. The van der Waals surface area contributed by atoms with Crippen LogP contribution in [-0.4, -0.2) is 44.7 Å². The van der Waals surface area contributed by atoms with Crippen molar-refractivity contribution in [2.24, 2.45) is 0 Å². The molecule has 2 N–H and O–H groups in total. The number of amides is 1. The van der Waals surface area contributed by atoms with Crippen LogP contribution >= 0.6 is 11.6 Å². The van der Waals surface area contributed by atoms with Crippen LogP contribution in [0.15, 0.2) is 24.3 Å². The minimum absolute atomic E-state index is 0.0486. The lowest BCUT2D eigenvalue weighted by molar-refractivity contribution is -0.200. The lowest BCUT2D eigenvalue weighted by Gasteiger charge is -2.37. The highest BCUT2D eigenvalue weighted by atomic mass is 35.5. The number of nitrogens with one attached hydrogen (secondary N) is 1. The Kier molecular flexibility index (Phi) is 5.11. The van der Waals surface area contributed by atoms with Crippen molar-refractivity contribution in [3.8, 4) is 0 Å². The Morgan fingerprint density at radius 2 is 2.07 bits per heavy atom. The van der Waals surface area contributed by atoms with Gasteiger partial charge < -0.3 is 20.1 Å². The number of rotatable bonds is 4. The Morgan fingerprint density at radius 3 is 2.70 bits per heavy atom.